The zero-order chi connectivity index (χ0) is 20.3. The Labute approximate surface area is 169 Å². The molecular formula is C18H13N3O5S2. The quantitative estimate of drug-likeness (QED) is 0.262. The van der Waals surface area contributed by atoms with Gasteiger partial charge in [-0.1, -0.05) is 30.0 Å². The van der Waals surface area contributed by atoms with E-state index in [1.165, 1.54) is 19.2 Å². The molecule has 2 aromatic rings. The molecule has 0 radical (unpaired) electrons. The molecule has 0 spiro atoms. The number of phenols is 1. The summed E-state index contributed by atoms with van der Waals surface area (Å²) in [5.41, 5.74) is 0.600. The van der Waals surface area contributed by atoms with Crippen LogP contribution in [0, 0.1) is 10.1 Å². The van der Waals surface area contributed by atoms with E-state index in [1.54, 1.807) is 18.2 Å². The summed E-state index contributed by atoms with van der Waals surface area (Å²) in [6, 6.07) is 10.7. The van der Waals surface area contributed by atoms with E-state index in [0.29, 0.717) is 16.2 Å². The van der Waals surface area contributed by atoms with Gasteiger partial charge in [0.15, 0.2) is 4.32 Å². The van der Waals surface area contributed by atoms with Crippen molar-refractivity contribution < 1.29 is 19.6 Å². The van der Waals surface area contributed by atoms with Crippen LogP contribution in [-0.2, 0) is 4.79 Å². The lowest BCUT2D eigenvalue weighted by Gasteiger charge is -2.07. The molecule has 3 rings (SSSR count). The van der Waals surface area contributed by atoms with Gasteiger partial charge in [-0.3, -0.25) is 14.9 Å². The number of nitro groups is 1. The molecule has 1 fully saturated rings. The molecule has 142 valence electrons. The highest BCUT2D eigenvalue weighted by Crippen LogP contribution is 2.34. The fourth-order valence-corrected chi connectivity index (χ4v) is 3.53. The summed E-state index contributed by atoms with van der Waals surface area (Å²) in [5.74, 6) is -0.0378. The number of hydrazone groups is 1. The number of nitrogens with zero attached hydrogens (tertiary/aromatic N) is 3. The van der Waals surface area contributed by atoms with Crippen molar-refractivity contribution in [1.29, 1.82) is 0 Å². The van der Waals surface area contributed by atoms with Crippen LogP contribution < -0.4 is 4.74 Å². The van der Waals surface area contributed by atoms with Crippen molar-refractivity contribution >= 4 is 52.2 Å². The van der Waals surface area contributed by atoms with Crippen LogP contribution in [0.15, 0.2) is 52.5 Å². The van der Waals surface area contributed by atoms with E-state index < -0.39 is 10.8 Å². The predicted molar refractivity (Wildman–Crippen MR) is 110 cm³/mol. The summed E-state index contributed by atoms with van der Waals surface area (Å²) in [6.07, 6.45) is 2.80. The third-order valence-electron chi connectivity index (χ3n) is 3.73. The molecule has 2 aromatic carbocycles. The Balaban J connectivity index is 1.87. The van der Waals surface area contributed by atoms with E-state index >= 15 is 0 Å². The number of carbonyl (C=O) groups excluding carboxylic acids is 1. The monoisotopic (exact) mass is 415 g/mol. The first-order valence-electron chi connectivity index (χ1n) is 7.83. The third-order valence-corrected chi connectivity index (χ3v) is 5.02. The molecule has 0 atom stereocenters. The number of nitro benzene ring substituents is 1. The zero-order valence-corrected chi connectivity index (χ0v) is 16.1. The van der Waals surface area contributed by atoms with Gasteiger partial charge in [-0.2, -0.15) is 10.1 Å². The maximum atomic E-state index is 12.6. The van der Waals surface area contributed by atoms with Crippen molar-refractivity contribution in [2.45, 2.75) is 0 Å². The molecule has 0 unspecified atom stereocenters. The predicted octanol–water partition coefficient (Wildman–Crippen LogP) is 3.54. The number of benzene rings is 2. The lowest BCUT2D eigenvalue weighted by Crippen LogP contribution is -2.22. The van der Waals surface area contributed by atoms with Gasteiger partial charge in [-0.25, -0.2) is 0 Å². The van der Waals surface area contributed by atoms with Gasteiger partial charge in [0.05, 0.1) is 23.2 Å². The van der Waals surface area contributed by atoms with Crippen LogP contribution in [0.3, 0.4) is 0 Å². The molecule has 1 heterocycles. The molecule has 1 aliphatic rings. The topological polar surface area (TPSA) is 105 Å². The number of hydrogen-bond donors (Lipinski definition) is 1. The smallest absolute Gasteiger partial charge is 0.286 e. The summed E-state index contributed by atoms with van der Waals surface area (Å²) in [6.45, 7) is 0. The van der Waals surface area contributed by atoms with Gasteiger partial charge < -0.3 is 9.84 Å². The van der Waals surface area contributed by atoms with Crippen LogP contribution in [0.1, 0.15) is 11.1 Å². The number of methoxy groups -OCH3 is 1. The van der Waals surface area contributed by atoms with Crippen molar-refractivity contribution in [3.8, 4) is 11.5 Å². The average Bonchev–Trinajstić information content (AvgIpc) is 2.94. The maximum Gasteiger partial charge on any atom is 0.286 e. The third kappa shape index (κ3) is 4.02. The second kappa shape index (κ2) is 8.19. The first-order chi connectivity index (χ1) is 13.4. The molecule has 10 heteroatoms. The van der Waals surface area contributed by atoms with Crippen molar-refractivity contribution in [3.05, 3.63) is 68.6 Å². The summed E-state index contributed by atoms with van der Waals surface area (Å²) in [4.78, 5) is 23.3. The van der Waals surface area contributed by atoms with Crippen molar-refractivity contribution in [1.82, 2.24) is 5.01 Å². The van der Waals surface area contributed by atoms with Gasteiger partial charge in [0.1, 0.15) is 11.5 Å². The molecule has 1 amide bonds. The Hall–Kier alpha value is -3.24. The van der Waals surface area contributed by atoms with Gasteiger partial charge in [0.2, 0.25) is 0 Å². The molecule has 1 saturated heterocycles. The minimum absolute atomic E-state index is 0.0944. The van der Waals surface area contributed by atoms with Crippen LogP contribution in [0.5, 0.6) is 11.5 Å². The number of carbonyl (C=O) groups is 1. The number of ether oxygens (including phenoxy) is 1. The normalized spacial score (nSPS) is 15.6. The second-order valence-electron chi connectivity index (χ2n) is 5.48. The van der Waals surface area contributed by atoms with Crippen LogP contribution in [0.4, 0.5) is 5.69 Å². The number of rotatable bonds is 5. The lowest BCUT2D eigenvalue weighted by atomic mass is 10.2. The Morgan fingerprint density at radius 3 is 2.75 bits per heavy atom. The number of hydrogen-bond acceptors (Lipinski definition) is 8. The number of para-hydroxylation sites is 1. The Morgan fingerprint density at radius 1 is 1.29 bits per heavy atom. The number of thioether (sulfide) groups is 1. The molecule has 8 nitrogen and oxygen atoms in total. The Kier molecular flexibility index (Phi) is 5.71. The molecule has 28 heavy (non-hydrogen) atoms. The Bertz CT molecular complexity index is 1040. The lowest BCUT2D eigenvalue weighted by molar-refractivity contribution is -0.384. The molecule has 1 aliphatic heterocycles. The van der Waals surface area contributed by atoms with E-state index in [4.69, 9.17) is 17.0 Å². The highest BCUT2D eigenvalue weighted by atomic mass is 32.2. The molecule has 0 aromatic heterocycles. The van der Waals surface area contributed by atoms with E-state index in [1.807, 2.05) is 12.1 Å². The highest BCUT2D eigenvalue weighted by molar-refractivity contribution is 8.26. The highest BCUT2D eigenvalue weighted by Gasteiger charge is 2.32. The maximum absolute atomic E-state index is 12.6. The summed E-state index contributed by atoms with van der Waals surface area (Å²) in [7, 11) is 1.54. The van der Waals surface area contributed by atoms with E-state index in [2.05, 4.69) is 5.10 Å². The second-order valence-corrected chi connectivity index (χ2v) is 7.16. The van der Waals surface area contributed by atoms with Crippen LogP contribution in [0.2, 0.25) is 0 Å². The van der Waals surface area contributed by atoms with Gasteiger partial charge in [-0.05, 0) is 30.4 Å². The standard InChI is InChI=1S/C18H13N3O5S2/c1-26-15-5-3-2-4-11(15)9-16-17(23)20(18(27)28-16)19-10-12-8-13(21(24)25)6-7-14(12)22/h2-10,22H,1H3/b16-9?,19-10+. The van der Waals surface area contributed by atoms with Gasteiger partial charge >= 0.3 is 0 Å². The molecule has 0 saturated carbocycles. The van der Waals surface area contributed by atoms with Crippen LogP contribution in [0.25, 0.3) is 6.08 Å². The summed E-state index contributed by atoms with van der Waals surface area (Å²) >= 11 is 6.27. The average molecular weight is 415 g/mol. The largest absolute Gasteiger partial charge is 0.507 e. The zero-order valence-electron chi connectivity index (χ0n) is 14.4. The minimum Gasteiger partial charge on any atom is -0.507 e. The van der Waals surface area contributed by atoms with Gasteiger partial charge in [0.25, 0.3) is 11.6 Å². The molecule has 0 bridgehead atoms. The number of aromatic hydroxyl groups is 1. The van der Waals surface area contributed by atoms with E-state index in [0.717, 1.165) is 29.1 Å². The summed E-state index contributed by atoms with van der Waals surface area (Å²) < 4.78 is 5.47. The molecular weight excluding hydrogens is 402 g/mol. The van der Waals surface area contributed by atoms with Gasteiger partial charge in [-0.15, -0.1) is 0 Å². The summed E-state index contributed by atoms with van der Waals surface area (Å²) in [5, 5.41) is 25.7. The number of phenolic OH excluding ortho intramolecular Hbond substituents is 1. The Morgan fingerprint density at radius 2 is 2.04 bits per heavy atom. The molecule has 0 aliphatic carbocycles. The molecule has 1 N–H and O–H groups in total. The minimum atomic E-state index is -0.591. The fourth-order valence-electron chi connectivity index (χ4n) is 2.36. The van der Waals surface area contributed by atoms with Crippen LogP contribution >= 0.6 is 24.0 Å². The van der Waals surface area contributed by atoms with Gasteiger partial charge in [0, 0.05) is 23.3 Å². The number of thiocarbonyl (C=S) groups is 1. The fraction of sp³-hybridized carbons (Fsp3) is 0.0556. The van der Waals surface area contributed by atoms with Crippen LogP contribution in [-0.4, -0.2) is 38.6 Å². The number of non-ortho nitro benzene ring substituents is 1. The first kappa shape index (κ1) is 19.5. The van der Waals surface area contributed by atoms with E-state index in [9.17, 15) is 20.0 Å². The first-order valence-corrected chi connectivity index (χ1v) is 9.05. The number of amides is 1. The van der Waals surface area contributed by atoms with E-state index in [-0.39, 0.29) is 21.3 Å². The van der Waals surface area contributed by atoms with Crippen molar-refractivity contribution in [2.75, 3.05) is 7.11 Å². The van der Waals surface area contributed by atoms with Crippen molar-refractivity contribution in [3.63, 3.8) is 0 Å². The van der Waals surface area contributed by atoms with Crippen molar-refractivity contribution in [2.24, 2.45) is 5.10 Å². The SMILES string of the molecule is COc1ccccc1C=C1SC(=S)N(/N=C/c2cc([N+](=O)[O-])ccc2O)C1=O.